The molecule has 2 aromatic rings. The number of halogens is 1. The molecule has 9 nitrogen and oxygen atoms in total. The number of hydrogen-bond acceptors (Lipinski definition) is 8. The Hall–Kier alpha value is -2.73. The number of hydrogen-bond donors (Lipinski definition) is 3. The molecule has 212 valence electrons. The molecule has 2 atom stereocenters. The lowest BCUT2D eigenvalue weighted by Gasteiger charge is -2.25. The fraction of sp³-hybridized carbons (Fsp3) is 0.519. The van der Waals surface area contributed by atoms with Crippen molar-refractivity contribution >= 4 is 16.0 Å². The highest BCUT2D eigenvalue weighted by Gasteiger charge is 2.26. The van der Waals surface area contributed by atoms with Crippen LogP contribution in [0.5, 0.6) is 11.5 Å². The maximum Gasteiger partial charge on any atom is 0.307 e. The summed E-state index contributed by atoms with van der Waals surface area (Å²) in [6, 6.07) is 10.4. The smallest absolute Gasteiger partial charge is 0.307 e. The number of esters is 1. The van der Waals surface area contributed by atoms with Gasteiger partial charge in [0.15, 0.2) is 0 Å². The van der Waals surface area contributed by atoms with Crippen molar-refractivity contribution in [2.75, 3.05) is 32.5 Å². The Kier molecular flexibility index (Phi) is 12.9. The first-order valence-electron chi connectivity index (χ1n) is 12.8. The van der Waals surface area contributed by atoms with Crippen molar-refractivity contribution in [1.82, 2.24) is 9.62 Å². The molecule has 2 aromatic carbocycles. The fourth-order valence-electron chi connectivity index (χ4n) is 4.03. The fourth-order valence-corrected chi connectivity index (χ4v) is 5.64. The molecule has 2 rings (SSSR count). The van der Waals surface area contributed by atoms with Gasteiger partial charge in [-0.15, -0.1) is 0 Å². The molecular formula is C27H40FN3O6S. The molecule has 0 bridgehead atoms. The molecule has 0 aliphatic rings. The number of rotatable bonds is 17. The van der Waals surface area contributed by atoms with Crippen molar-refractivity contribution < 1.29 is 32.2 Å². The molecule has 0 radical (unpaired) electrons. The Balaban J connectivity index is 2.08. The SMILES string of the molecule is CCCN(CCC)S(=O)(=O)CCC(=O)OC(CNCc1cccc(OC)c1)C(N)Cc1cc(O)cc(F)c1. The number of sulfonamides is 1. The van der Waals surface area contributed by atoms with Gasteiger partial charge in [-0.2, -0.15) is 0 Å². The number of phenolic OH excluding ortho intramolecular Hbond substituents is 1. The normalized spacial score (nSPS) is 13.3. The zero-order valence-corrected chi connectivity index (χ0v) is 23.2. The molecule has 38 heavy (non-hydrogen) atoms. The quantitative estimate of drug-likeness (QED) is 0.255. The number of aromatic hydroxyl groups is 1. The van der Waals surface area contributed by atoms with E-state index in [-0.39, 0.29) is 30.9 Å². The Morgan fingerprint density at radius 2 is 1.84 bits per heavy atom. The number of carbonyl (C=O) groups is 1. The monoisotopic (exact) mass is 553 g/mol. The van der Waals surface area contributed by atoms with Crippen LogP contribution in [0, 0.1) is 5.82 Å². The molecule has 0 heterocycles. The van der Waals surface area contributed by atoms with Gasteiger partial charge in [0.05, 0.1) is 19.3 Å². The van der Waals surface area contributed by atoms with Gasteiger partial charge in [0.1, 0.15) is 23.4 Å². The maximum atomic E-state index is 13.8. The first-order chi connectivity index (χ1) is 18.1. The van der Waals surface area contributed by atoms with Crippen molar-refractivity contribution in [2.45, 2.75) is 58.2 Å². The standard InChI is InChI=1S/C27H40FN3O6S/c1-4-10-31(11-5-2)38(34,35)12-9-27(33)37-26(19-30-18-20-7-6-8-24(15-20)36-3)25(29)16-21-13-22(28)17-23(32)14-21/h6-8,13-15,17,25-26,30,32H,4-5,9-12,16,18-19,29H2,1-3H3. The summed E-state index contributed by atoms with van der Waals surface area (Å²) in [5.74, 6) is -1.18. The lowest BCUT2D eigenvalue weighted by atomic mass is 10.0. The van der Waals surface area contributed by atoms with E-state index < -0.39 is 34.0 Å². The molecule has 0 amide bonds. The second kappa shape index (κ2) is 15.6. The van der Waals surface area contributed by atoms with Gasteiger partial charge in [0.25, 0.3) is 0 Å². The van der Waals surface area contributed by atoms with Crippen LogP contribution in [0.1, 0.15) is 44.2 Å². The van der Waals surface area contributed by atoms with Crippen LogP contribution in [0.15, 0.2) is 42.5 Å². The number of nitrogens with one attached hydrogen (secondary N) is 1. The third kappa shape index (κ3) is 10.6. The van der Waals surface area contributed by atoms with Crippen molar-refractivity contribution in [3.8, 4) is 11.5 Å². The molecule has 4 N–H and O–H groups in total. The van der Waals surface area contributed by atoms with E-state index in [2.05, 4.69) is 5.32 Å². The van der Waals surface area contributed by atoms with Gasteiger partial charge in [-0.1, -0.05) is 26.0 Å². The predicted octanol–water partition coefficient (Wildman–Crippen LogP) is 2.95. The highest BCUT2D eigenvalue weighted by atomic mass is 32.2. The van der Waals surface area contributed by atoms with Crippen LogP contribution in [0.3, 0.4) is 0 Å². The van der Waals surface area contributed by atoms with Crippen LogP contribution in [0.25, 0.3) is 0 Å². The van der Waals surface area contributed by atoms with Gasteiger partial charge < -0.3 is 25.6 Å². The number of benzene rings is 2. The second-order valence-electron chi connectivity index (χ2n) is 9.16. The van der Waals surface area contributed by atoms with Crippen LogP contribution in [-0.2, 0) is 32.5 Å². The molecule has 0 saturated heterocycles. The van der Waals surface area contributed by atoms with Gasteiger partial charge in [-0.05, 0) is 54.7 Å². The third-order valence-electron chi connectivity index (χ3n) is 5.89. The summed E-state index contributed by atoms with van der Waals surface area (Å²) < 4.78 is 51.5. The lowest BCUT2D eigenvalue weighted by molar-refractivity contribution is -0.149. The summed E-state index contributed by atoms with van der Waals surface area (Å²) in [6.45, 7) is 5.21. The number of nitrogens with zero attached hydrogens (tertiary/aromatic N) is 1. The topological polar surface area (TPSA) is 131 Å². The van der Waals surface area contributed by atoms with E-state index in [9.17, 15) is 22.7 Å². The zero-order valence-electron chi connectivity index (χ0n) is 22.4. The van der Waals surface area contributed by atoms with E-state index >= 15 is 0 Å². The average Bonchev–Trinajstić information content (AvgIpc) is 2.86. The van der Waals surface area contributed by atoms with E-state index in [1.54, 1.807) is 7.11 Å². The van der Waals surface area contributed by atoms with E-state index in [0.29, 0.717) is 43.8 Å². The van der Waals surface area contributed by atoms with Crippen LogP contribution >= 0.6 is 0 Å². The molecule has 0 aromatic heterocycles. The minimum atomic E-state index is -3.61. The first kappa shape index (κ1) is 31.5. The number of nitrogens with two attached hydrogens (primary N) is 1. The average molecular weight is 554 g/mol. The minimum absolute atomic E-state index is 0.128. The van der Waals surface area contributed by atoms with Crippen molar-refractivity contribution in [3.63, 3.8) is 0 Å². The summed E-state index contributed by atoms with van der Waals surface area (Å²) in [5.41, 5.74) is 7.75. The molecule has 2 unspecified atom stereocenters. The third-order valence-corrected chi connectivity index (χ3v) is 7.76. The summed E-state index contributed by atoms with van der Waals surface area (Å²) in [4.78, 5) is 12.7. The van der Waals surface area contributed by atoms with Crippen LogP contribution in [0.2, 0.25) is 0 Å². The maximum absolute atomic E-state index is 13.8. The first-order valence-corrected chi connectivity index (χ1v) is 14.4. The van der Waals surface area contributed by atoms with E-state index in [0.717, 1.165) is 11.6 Å². The number of ether oxygens (including phenoxy) is 2. The summed E-state index contributed by atoms with van der Waals surface area (Å²) in [6.07, 6.45) is 0.336. The highest BCUT2D eigenvalue weighted by Crippen LogP contribution is 2.18. The van der Waals surface area contributed by atoms with E-state index in [1.807, 2.05) is 38.1 Å². The van der Waals surface area contributed by atoms with Gasteiger partial charge in [-0.25, -0.2) is 17.1 Å². The summed E-state index contributed by atoms with van der Waals surface area (Å²) >= 11 is 0. The largest absolute Gasteiger partial charge is 0.508 e. The minimum Gasteiger partial charge on any atom is -0.508 e. The number of methoxy groups -OCH3 is 1. The summed E-state index contributed by atoms with van der Waals surface area (Å²) in [7, 11) is -2.03. The zero-order chi connectivity index (χ0) is 28.1. The molecule has 0 spiro atoms. The molecular weight excluding hydrogens is 513 g/mol. The Morgan fingerprint density at radius 1 is 1.13 bits per heavy atom. The molecule has 0 aliphatic heterocycles. The second-order valence-corrected chi connectivity index (χ2v) is 11.2. The summed E-state index contributed by atoms with van der Waals surface area (Å²) in [5, 5.41) is 12.9. The molecule has 11 heteroatoms. The predicted molar refractivity (Wildman–Crippen MR) is 145 cm³/mol. The van der Waals surface area contributed by atoms with E-state index in [4.69, 9.17) is 15.2 Å². The highest BCUT2D eigenvalue weighted by molar-refractivity contribution is 7.89. The Bertz CT molecular complexity index is 1110. The van der Waals surface area contributed by atoms with Gasteiger partial charge >= 0.3 is 5.97 Å². The van der Waals surface area contributed by atoms with Gasteiger partial charge in [0.2, 0.25) is 10.0 Å². The molecule has 0 aliphatic carbocycles. The van der Waals surface area contributed by atoms with Crippen molar-refractivity contribution in [1.29, 1.82) is 0 Å². The molecule has 0 fully saturated rings. The Morgan fingerprint density at radius 3 is 2.47 bits per heavy atom. The lowest BCUT2D eigenvalue weighted by Crippen LogP contribution is -2.46. The number of phenols is 1. The van der Waals surface area contributed by atoms with Crippen LogP contribution in [0.4, 0.5) is 4.39 Å². The van der Waals surface area contributed by atoms with Crippen molar-refractivity contribution in [3.05, 3.63) is 59.4 Å². The van der Waals surface area contributed by atoms with Crippen molar-refractivity contribution in [2.24, 2.45) is 5.73 Å². The van der Waals surface area contributed by atoms with Gasteiger partial charge in [-0.3, -0.25) is 4.79 Å². The Labute approximate surface area is 225 Å². The number of carbonyl (C=O) groups excluding carboxylic acids is 1. The van der Waals surface area contributed by atoms with Crippen LogP contribution in [-0.4, -0.2) is 68.4 Å². The van der Waals surface area contributed by atoms with Crippen LogP contribution < -0.4 is 15.8 Å². The van der Waals surface area contributed by atoms with E-state index in [1.165, 1.54) is 16.4 Å². The van der Waals surface area contributed by atoms with Gasteiger partial charge in [0, 0.05) is 38.3 Å². The molecule has 0 saturated carbocycles.